The second-order valence-corrected chi connectivity index (χ2v) is 6.71. The monoisotopic (exact) mass is 366 g/mol. The van der Waals surface area contributed by atoms with Gasteiger partial charge in [-0.3, -0.25) is 4.79 Å². The third-order valence-electron chi connectivity index (χ3n) is 4.88. The first-order chi connectivity index (χ1) is 11.8. The molecule has 1 saturated carbocycles. The highest BCUT2D eigenvalue weighted by Crippen LogP contribution is 2.37. The van der Waals surface area contributed by atoms with Crippen molar-refractivity contribution < 1.29 is 32.6 Å². The van der Waals surface area contributed by atoms with Gasteiger partial charge in [0.05, 0.1) is 24.5 Å². The number of nitrogens with one attached hydrogen (secondary N) is 1. The van der Waals surface area contributed by atoms with E-state index in [9.17, 15) is 22.8 Å². The number of hydrogen-bond acceptors (Lipinski definition) is 3. The molecule has 1 saturated heterocycles. The summed E-state index contributed by atoms with van der Waals surface area (Å²) in [4.78, 5) is 23.9. The fourth-order valence-corrected chi connectivity index (χ4v) is 3.46. The van der Waals surface area contributed by atoms with Gasteiger partial charge >= 0.3 is 18.2 Å². The zero-order chi connectivity index (χ0) is 18.4. The first kappa shape index (κ1) is 19.8. The van der Waals surface area contributed by atoms with Crippen LogP contribution in [-0.2, 0) is 9.53 Å². The normalized spacial score (nSPS) is 25.6. The lowest BCUT2D eigenvalue weighted by atomic mass is 9.96. The molecule has 9 heteroatoms. The van der Waals surface area contributed by atoms with Gasteiger partial charge < -0.3 is 20.1 Å². The van der Waals surface area contributed by atoms with Crippen LogP contribution in [0.4, 0.5) is 18.0 Å². The number of rotatable bonds is 5. The smallest absolute Gasteiger partial charge is 0.394 e. The van der Waals surface area contributed by atoms with Crippen molar-refractivity contribution in [2.24, 2.45) is 11.8 Å². The lowest BCUT2D eigenvalue weighted by Crippen LogP contribution is -2.41. The quantitative estimate of drug-likeness (QED) is 0.579. The summed E-state index contributed by atoms with van der Waals surface area (Å²) in [6, 6.07) is -0.678. The van der Waals surface area contributed by atoms with E-state index in [1.54, 1.807) is 0 Å². The van der Waals surface area contributed by atoms with Gasteiger partial charge in [0.2, 0.25) is 0 Å². The molecule has 2 atom stereocenters. The van der Waals surface area contributed by atoms with Crippen LogP contribution in [0.5, 0.6) is 0 Å². The molecule has 0 aromatic heterocycles. The number of amides is 2. The van der Waals surface area contributed by atoms with Crippen molar-refractivity contribution in [3.63, 3.8) is 0 Å². The maximum Gasteiger partial charge on any atom is 0.394 e. The van der Waals surface area contributed by atoms with E-state index >= 15 is 0 Å². The predicted octanol–water partition coefficient (Wildman–Crippen LogP) is 2.63. The average molecular weight is 366 g/mol. The van der Waals surface area contributed by atoms with E-state index in [1.165, 1.54) is 12.8 Å². The number of hydrogen-bond donors (Lipinski definition) is 2. The summed E-state index contributed by atoms with van der Waals surface area (Å²) in [7, 11) is 0. The molecule has 1 aliphatic carbocycles. The van der Waals surface area contributed by atoms with Gasteiger partial charge in [0.1, 0.15) is 0 Å². The molecule has 2 N–H and O–H groups in total. The van der Waals surface area contributed by atoms with Gasteiger partial charge in [0, 0.05) is 19.6 Å². The fourth-order valence-electron chi connectivity index (χ4n) is 3.46. The minimum absolute atomic E-state index is 0.178. The standard InChI is InChI=1S/C16H25F3N2O4/c17-16(18,19)13-10-21(9-12(13)14(22)23)15(24)20-7-8-25-11-5-3-1-2-4-6-11/h11-13H,1-10H2,(H,20,24)(H,22,23)/t12-,13-/m1/s1. The molecule has 1 heterocycles. The molecule has 0 unspecified atom stereocenters. The van der Waals surface area contributed by atoms with Crippen molar-refractivity contribution in [2.75, 3.05) is 26.2 Å². The van der Waals surface area contributed by atoms with Crippen molar-refractivity contribution in [3.05, 3.63) is 0 Å². The Hall–Kier alpha value is -1.51. The molecule has 2 amide bonds. The molecular weight excluding hydrogens is 341 g/mol. The number of nitrogens with zero attached hydrogens (tertiary/aromatic N) is 1. The molecule has 0 aromatic carbocycles. The Morgan fingerprint density at radius 3 is 2.28 bits per heavy atom. The van der Waals surface area contributed by atoms with Crippen molar-refractivity contribution in [3.8, 4) is 0 Å². The third-order valence-corrected chi connectivity index (χ3v) is 4.88. The van der Waals surface area contributed by atoms with E-state index in [4.69, 9.17) is 9.84 Å². The summed E-state index contributed by atoms with van der Waals surface area (Å²) >= 11 is 0. The number of ether oxygens (including phenoxy) is 1. The van der Waals surface area contributed by atoms with Crippen LogP contribution in [0.1, 0.15) is 38.5 Å². The Morgan fingerprint density at radius 2 is 1.76 bits per heavy atom. The van der Waals surface area contributed by atoms with Gasteiger partial charge in [-0.2, -0.15) is 13.2 Å². The Labute approximate surface area is 144 Å². The number of carbonyl (C=O) groups is 2. The van der Waals surface area contributed by atoms with Gasteiger partial charge in [0.25, 0.3) is 0 Å². The van der Waals surface area contributed by atoms with Crippen molar-refractivity contribution in [1.29, 1.82) is 0 Å². The van der Waals surface area contributed by atoms with Crippen LogP contribution in [0, 0.1) is 11.8 Å². The number of urea groups is 1. The molecular formula is C16H25F3N2O4. The molecule has 0 aromatic rings. The number of carboxylic acids is 1. The van der Waals surface area contributed by atoms with Crippen LogP contribution in [-0.4, -0.2) is 60.5 Å². The topological polar surface area (TPSA) is 78.9 Å². The second-order valence-electron chi connectivity index (χ2n) is 6.71. The molecule has 6 nitrogen and oxygen atoms in total. The first-order valence-corrected chi connectivity index (χ1v) is 8.73. The molecule has 25 heavy (non-hydrogen) atoms. The van der Waals surface area contributed by atoms with Crippen molar-refractivity contribution >= 4 is 12.0 Å². The molecule has 1 aliphatic heterocycles. The third kappa shape index (κ3) is 5.76. The number of carbonyl (C=O) groups excluding carboxylic acids is 1. The molecule has 144 valence electrons. The summed E-state index contributed by atoms with van der Waals surface area (Å²) in [5.74, 6) is -5.18. The van der Waals surface area contributed by atoms with Crippen LogP contribution in [0.2, 0.25) is 0 Å². The maximum absolute atomic E-state index is 12.9. The molecule has 2 aliphatic rings. The Bertz CT molecular complexity index is 465. The van der Waals surface area contributed by atoms with Crippen molar-refractivity contribution in [1.82, 2.24) is 10.2 Å². The Kier molecular flexibility index (Phi) is 6.92. The lowest BCUT2D eigenvalue weighted by molar-refractivity contribution is -0.187. The van der Waals surface area contributed by atoms with Crippen LogP contribution < -0.4 is 5.32 Å². The summed E-state index contributed by atoms with van der Waals surface area (Å²) in [5.41, 5.74) is 0. The summed E-state index contributed by atoms with van der Waals surface area (Å²) < 4.78 is 44.4. The summed E-state index contributed by atoms with van der Waals surface area (Å²) in [6.45, 7) is -0.569. The van der Waals surface area contributed by atoms with Crippen LogP contribution in [0.15, 0.2) is 0 Å². The van der Waals surface area contributed by atoms with E-state index in [-0.39, 0.29) is 12.6 Å². The largest absolute Gasteiger partial charge is 0.481 e. The number of likely N-dealkylation sites (tertiary alicyclic amines) is 1. The first-order valence-electron chi connectivity index (χ1n) is 8.73. The van der Waals surface area contributed by atoms with E-state index < -0.39 is 43.1 Å². The highest BCUT2D eigenvalue weighted by Gasteiger charge is 2.53. The van der Waals surface area contributed by atoms with Gasteiger partial charge in [-0.05, 0) is 12.8 Å². The minimum atomic E-state index is -4.64. The van der Waals surface area contributed by atoms with Gasteiger partial charge in [0.15, 0.2) is 0 Å². The number of aliphatic carboxylic acids is 1. The van der Waals surface area contributed by atoms with Gasteiger partial charge in [-0.15, -0.1) is 0 Å². The van der Waals surface area contributed by atoms with Crippen LogP contribution in [0.3, 0.4) is 0 Å². The molecule has 0 spiro atoms. The van der Waals surface area contributed by atoms with E-state index in [0.717, 1.165) is 30.6 Å². The number of halogens is 3. The van der Waals surface area contributed by atoms with E-state index in [0.29, 0.717) is 6.61 Å². The fraction of sp³-hybridized carbons (Fsp3) is 0.875. The van der Waals surface area contributed by atoms with Crippen molar-refractivity contribution in [2.45, 2.75) is 50.8 Å². The highest BCUT2D eigenvalue weighted by atomic mass is 19.4. The van der Waals surface area contributed by atoms with E-state index in [1.807, 2.05) is 0 Å². The molecule has 2 rings (SSSR count). The van der Waals surface area contributed by atoms with Gasteiger partial charge in [-0.25, -0.2) is 4.79 Å². The maximum atomic E-state index is 12.9. The zero-order valence-electron chi connectivity index (χ0n) is 14.1. The summed E-state index contributed by atoms with van der Waals surface area (Å²) in [5, 5.41) is 11.5. The van der Waals surface area contributed by atoms with Gasteiger partial charge in [-0.1, -0.05) is 25.7 Å². The minimum Gasteiger partial charge on any atom is -0.481 e. The molecule has 2 fully saturated rings. The van der Waals surface area contributed by atoms with Crippen LogP contribution >= 0.6 is 0 Å². The average Bonchev–Trinajstić information content (AvgIpc) is 2.85. The predicted molar refractivity (Wildman–Crippen MR) is 83.1 cm³/mol. The molecule has 0 radical (unpaired) electrons. The Balaban J connectivity index is 1.74. The lowest BCUT2D eigenvalue weighted by Gasteiger charge is -2.19. The molecule has 0 bridgehead atoms. The second kappa shape index (κ2) is 8.73. The highest BCUT2D eigenvalue weighted by molar-refractivity contribution is 5.77. The van der Waals surface area contributed by atoms with E-state index in [2.05, 4.69) is 5.32 Å². The van der Waals surface area contributed by atoms with Crippen LogP contribution in [0.25, 0.3) is 0 Å². The zero-order valence-corrected chi connectivity index (χ0v) is 14.1. The Morgan fingerprint density at radius 1 is 1.12 bits per heavy atom. The number of alkyl halides is 3. The summed E-state index contributed by atoms with van der Waals surface area (Å²) in [6.07, 6.45) is 2.19. The SMILES string of the molecule is O=C(O)[C@@H]1CN(C(=O)NCCOC2CCCCCC2)C[C@H]1C(F)(F)F. The number of carboxylic acid groups (broad SMARTS) is 1.